The van der Waals surface area contributed by atoms with E-state index < -0.39 is 24.1 Å². The van der Waals surface area contributed by atoms with E-state index in [1.165, 1.54) is 23.3 Å². The zero-order valence-electron chi connectivity index (χ0n) is 16.3. The molecule has 0 spiro atoms. The second-order valence-electron chi connectivity index (χ2n) is 6.64. The molecule has 0 saturated heterocycles. The van der Waals surface area contributed by atoms with Gasteiger partial charge in [0.1, 0.15) is 5.82 Å². The summed E-state index contributed by atoms with van der Waals surface area (Å²) in [5.74, 6) is 2.34. The monoisotopic (exact) mass is 449 g/mol. The fraction of sp³-hybridized carbons (Fsp3) is 0.273. The lowest BCUT2D eigenvalue weighted by molar-refractivity contribution is -0.165. The van der Waals surface area contributed by atoms with E-state index in [1.54, 1.807) is 12.1 Å². The van der Waals surface area contributed by atoms with Crippen molar-refractivity contribution in [3.63, 3.8) is 0 Å². The summed E-state index contributed by atoms with van der Waals surface area (Å²) >= 11 is 6.32. The molecule has 164 valence electrons. The lowest BCUT2D eigenvalue weighted by atomic mass is 9.97. The van der Waals surface area contributed by atoms with Crippen LogP contribution in [-0.4, -0.2) is 57.7 Å². The normalized spacial score (nSPS) is 14.5. The van der Waals surface area contributed by atoms with Crippen molar-refractivity contribution in [3.8, 4) is 11.8 Å². The number of aliphatic carboxylic acids is 2. The summed E-state index contributed by atoms with van der Waals surface area (Å²) in [5.41, 5.74) is 4.06. The number of rotatable bonds is 3. The van der Waals surface area contributed by atoms with E-state index in [0.29, 0.717) is 10.6 Å². The van der Waals surface area contributed by atoms with Crippen molar-refractivity contribution >= 4 is 23.5 Å². The standard InChI is InChI=1S/C18H15ClFN.C4H6O6/c19-18-7-5-14-8-10-21-11-9-16(14)17(18)6-4-13-2-1-3-15(20)12-13;5-1(3(7)8)2(6)4(9)10/h1-3,5,7,12,21H,8-11H2;1-2,5-6H,(H,7,8)(H,9,10)/t;1-,2-/m.1/s1. The van der Waals surface area contributed by atoms with E-state index in [-0.39, 0.29) is 5.82 Å². The number of carboxylic acids is 2. The predicted molar refractivity (Wildman–Crippen MR) is 111 cm³/mol. The number of fused-ring (bicyclic) bond motifs is 1. The molecular formula is C22H21ClFNO6. The number of hydrogen-bond acceptors (Lipinski definition) is 5. The summed E-state index contributed by atoms with van der Waals surface area (Å²) in [7, 11) is 0. The van der Waals surface area contributed by atoms with Crippen molar-refractivity contribution in [2.45, 2.75) is 25.0 Å². The lowest BCUT2D eigenvalue weighted by Gasteiger charge is -2.09. The van der Waals surface area contributed by atoms with Crippen LogP contribution >= 0.6 is 11.6 Å². The average Bonchev–Trinajstić information content (AvgIpc) is 2.98. The van der Waals surface area contributed by atoms with Crippen LogP contribution in [0.3, 0.4) is 0 Å². The van der Waals surface area contributed by atoms with E-state index >= 15 is 0 Å². The van der Waals surface area contributed by atoms with Crippen molar-refractivity contribution in [1.29, 1.82) is 0 Å². The molecule has 1 aliphatic heterocycles. The molecule has 2 aromatic carbocycles. The van der Waals surface area contributed by atoms with Crippen LogP contribution in [0.2, 0.25) is 5.02 Å². The van der Waals surface area contributed by atoms with Gasteiger partial charge in [-0.3, -0.25) is 0 Å². The zero-order chi connectivity index (χ0) is 23.0. The molecule has 1 heterocycles. The topological polar surface area (TPSA) is 127 Å². The molecule has 2 atom stereocenters. The molecule has 0 amide bonds. The number of aliphatic hydroxyl groups is 2. The minimum absolute atomic E-state index is 0.274. The van der Waals surface area contributed by atoms with Crippen molar-refractivity contribution in [3.05, 3.63) is 69.5 Å². The van der Waals surface area contributed by atoms with Gasteiger partial charge in [-0.1, -0.05) is 35.6 Å². The van der Waals surface area contributed by atoms with Gasteiger partial charge in [0.05, 0.1) is 5.02 Å². The Morgan fingerprint density at radius 2 is 1.65 bits per heavy atom. The summed E-state index contributed by atoms with van der Waals surface area (Å²) in [5, 5.41) is 36.6. The smallest absolute Gasteiger partial charge is 0.335 e. The van der Waals surface area contributed by atoms with Crippen LogP contribution in [0.15, 0.2) is 36.4 Å². The number of aliphatic hydroxyl groups excluding tert-OH is 2. The average molecular weight is 450 g/mol. The van der Waals surface area contributed by atoms with Crippen LogP contribution in [0.25, 0.3) is 0 Å². The third kappa shape index (κ3) is 7.05. The fourth-order valence-electron chi connectivity index (χ4n) is 2.85. The molecule has 7 nitrogen and oxygen atoms in total. The maximum atomic E-state index is 13.2. The number of hydrogen-bond donors (Lipinski definition) is 5. The van der Waals surface area contributed by atoms with Crippen molar-refractivity contribution < 1.29 is 34.4 Å². The number of halogens is 2. The van der Waals surface area contributed by atoms with Crippen molar-refractivity contribution in [2.75, 3.05) is 13.1 Å². The third-order valence-corrected chi connectivity index (χ3v) is 4.76. The van der Waals surface area contributed by atoms with E-state index in [0.717, 1.165) is 31.5 Å². The second-order valence-corrected chi connectivity index (χ2v) is 7.04. The Balaban J connectivity index is 0.000000291. The molecule has 31 heavy (non-hydrogen) atoms. The Morgan fingerprint density at radius 1 is 1.00 bits per heavy atom. The van der Waals surface area contributed by atoms with Gasteiger partial charge in [0.25, 0.3) is 0 Å². The van der Waals surface area contributed by atoms with Crippen LogP contribution in [-0.2, 0) is 22.4 Å². The van der Waals surface area contributed by atoms with Gasteiger partial charge in [0.15, 0.2) is 12.2 Å². The van der Waals surface area contributed by atoms with E-state index in [2.05, 4.69) is 23.2 Å². The molecule has 0 bridgehead atoms. The predicted octanol–water partition coefficient (Wildman–Crippen LogP) is 1.44. The minimum Gasteiger partial charge on any atom is -0.479 e. The van der Waals surface area contributed by atoms with E-state index in [1.807, 2.05) is 6.07 Å². The highest BCUT2D eigenvalue weighted by Gasteiger charge is 2.29. The number of carboxylic acid groups (broad SMARTS) is 2. The lowest BCUT2D eigenvalue weighted by Crippen LogP contribution is -2.39. The van der Waals surface area contributed by atoms with Gasteiger partial charge in [-0.05, 0) is 61.3 Å². The fourth-order valence-corrected chi connectivity index (χ4v) is 3.07. The summed E-state index contributed by atoms with van der Waals surface area (Å²) in [4.78, 5) is 19.5. The van der Waals surface area contributed by atoms with Gasteiger partial charge in [0, 0.05) is 11.1 Å². The molecule has 0 aliphatic carbocycles. The van der Waals surface area contributed by atoms with Gasteiger partial charge in [-0.2, -0.15) is 0 Å². The molecule has 5 N–H and O–H groups in total. The highest BCUT2D eigenvalue weighted by Crippen LogP contribution is 2.25. The van der Waals surface area contributed by atoms with E-state index in [9.17, 15) is 14.0 Å². The Morgan fingerprint density at radius 3 is 2.26 bits per heavy atom. The Labute approximate surface area is 183 Å². The van der Waals surface area contributed by atoms with Crippen molar-refractivity contribution in [1.82, 2.24) is 5.32 Å². The highest BCUT2D eigenvalue weighted by atomic mass is 35.5. The number of carbonyl (C=O) groups is 2. The highest BCUT2D eigenvalue weighted by molar-refractivity contribution is 6.31. The SMILES string of the molecule is Fc1cccc(C#Cc2c(Cl)ccc3c2CCNCC3)c1.O=C(O)[C@H](O)[C@@H](O)C(=O)O. The Hall–Kier alpha value is -2.96. The van der Waals surface area contributed by atoms with Crippen molar-refractivity contribution in [2.24, 2.45) is 0 Å². The zero-order valence-corrected chi connectivity index (χ0v) is 17.1. The number of nitrogens with one attached hydrogen (secondary N) is 1. The van der Waals surface area contributed by atoms with E-state index in [4.69, 9.17) is 32.0 Å². The minimum atomic E-state index is -2.27. The third-order valence-electron chi connectivity index (χ3n) is 4.44. The second kappa shape index (κ2) is 11.4. The summed E-state index contributed by atoms with van der Waals surface area (Å²) in [6, 6.07) is 10.3. The van der Waals surface area contributed by atoms with Gasteiger partial charge in [-0.25, -0.2) is 14.0 Å². The van der Waals surface area contributed by atoms with Crippen LogP contribution < -0.4 is 5.32 Å². The molecule has 0 unspecified atom stereocenters. The molecule has 0 radical (unpaired) electrons. The molecule has 3 rings (SSSR count). The molecule has 0 aromatic heterocycles. The first-order chi connectivity index (χ1) is 14.7. The molecule has 9 heteroatoms. The largest absolute Gasteiger partial charge is 0.479 e. The summed E-state index contributed by atoms with van der Waals surface area (Å²) in [6.45, 7) is 1.91. The summed E-state index contributed by atoms with van der Waals surface area (Å²) in [6.07, 6.45) is -2.63. The van der Waals surface area contributed by atoms with Crippen LogP contribution in [0.5, 0.6) is 0 Å². The first-order valence-corrected chi connectivity index (χ1v) is 9.68. The first kappa shape index (κ1) is 24.3. The molecular weight excluding hydrogens is 429 g/mol. The van der Waals surface area contributed by atoms with Crippen LogP contribution in [0.1, 0.15) is 22.3 Å². The molecule has 1 aliphatic rings. The van der Waals surface area contributed by atoms with Gasteiger partial charge in [0.2, 0.25) is 0 Å². The Kier molecular flexibility index (Phi) is 8.97. The summed E-state index contributed by atoms with van der Waals surface area (Å²) < 4.78 is 13.2. The quantitative estimate of drug-likeness (QED) is 0.449. The van der Waals surface area contributed by atoms with Crippen LogP contribution in [0, 0.1) is 17.7 Å². The van der Waals surface area contributed by atoms with Gasteiger partial charge < -0.3 is 25.7 Å². The molecule has 0 saturated carbocycles. The van der Waals surface area contributed by atoms with Gasteiger partial charge >= 0.3 is 11.9 Å². The number of benzene rings is 2. The Bertz CT molecular complexity index is 999. The van der Waals surface area contributed by atoms with Gasteiger partial charge in [-0.15, -0.1) is 0 Å². The first-order valence-electron chi connectivity index (χ1n) is 9.31. The molecule has 0 fully saturated rings. The maximum absolute atomic E-state index is 13.2. The molecule has 2 aromatic rings. The van der Waals surface area contributed by atoms with Crippen LogP contribution in [0.4, 0.5) is 4.39 Å². The maximum Gasteiger partial charge on any atom is 0.335 e.